The Kier molecular flexibility index (Phi) is 18.5. The average Bonchev–Trinajstić information content (AvgIpc) is 1.56. The molecule has 2 unspecified atom stereocenters. The van der Waals surface area contributed by atoms with E-state index in [1.807, 2.05) is 176 Å². The normalized spacial score (nSPS) is 20.1. The molecule has 5 heterocycles. The number of ether oxygens (including phenoxy) is 6. The largest absolute Gasteiger partial charge is 0.457 e. The minimum atomic E-state index is -1.30. The van der Waals surface area contributed by atoms with E-state index in [0.717, 1.165) is 56.4 Å². The maximum atomic E-state index is 13.3. The minimum Gasteiger partial charge on any atom is -0.457 e. The van der Waals surface area contributed by atoms with Gasteiger partial charge in [-0.3, -0.25) is 33.7 Å². The van der Waals surface area contributed by atoms with Gasteiger partial charge in [0.05, 0.1) is 20.8 Å². The Morgan fingerprint density at radius 3 is 0.989 bits per heavy atom. The van der Waals surface area contributed by atoms with Gasteiger partial charge in [0.1, 0.15) is 45.7 Å². The molecule has 2 saturated heterocycles. The fraction of sp³-hybridized carbons (Fsp3) is 0.455. The Balaban J connectivity index is 0.000000167. The van der Waals surface area contributed by atoms with Gasteiger partial charge < -0.3 is 38.8 Å². The Morgan fingerprint density at radius 1 is 0.457 bits per heavy atom. The number of epoxide rings is 2. The van der Waals surface area contributed by atoms with Crippen LogP contribution in [0.25, 0.3) is 0 Å². The lowest BCUT2D eigenvalue weighted by atomic mass is 9.73. The number of fused-ring (bicyclic) bond motifs is 6. The van der Waals surface area contributed by atoms with Gasteiger partial charge in [-0.05, 0) is 200 Å². The minimum absolute atomic E-state index is 0.0156. The van der Waals surface area contributed by atoms with E-state index in [0.29, 0.717) is 51.4 Å². The van der Waals surface area contributed by atoms with Crippen molar-refractivity contribution < 1.29 is 62.3 Å². The summed E-state index contributed by atoms with van der Waals surface area (Å²) in [5.41, 5.74) is 3.70. The predicted octanol–water partition coefficient (Wildman–Crippen LogP) is 16.1. The van der Waals surface area contributed by atoms with Crippen molar-refractivity contribution in [2.75, 3.05) is 41.4 Å². The molecule has 500 valence electrons. The molecule has 0 radical (unpaired) electrons. The van der Waals surface area contributed by atoms with Crippen molar-refractivity contribution in [2.24, 2.45) is 5.41 Å². The van der Waals surface area contributed by atoms with E-state index >= 15 is 0 Å². The molecule has 15 nitrogen and oxygen atoms in total. The van der Waals surface area contributed by atoms with Crippen LogP contribution in [0.4, 0.5) is 0 Å². The number of benzene rings is 6. The number of nitrogens with zero attached hydrogens (tertiary/aromatic N) is 1. The van der Waals surface area contributed by atoms with Gasteiger partial charge in [0.15, 0.2) is 34.5 Å². The number of halogens is 2. The fourth-order valence-corrected chi connectivity index (χ4v) is 13.4. The lowest BCUT2D eigenvalue weighted by molar-refractivity contribution is 0.00128. The molecule has 0 saturated carbocycles. The number of likely N-dealkylation sites (N-methyl/N-ethyl adjacent to an activating group) is 1. The van der Waals surface area contributed by atoms with E-state index in [1.165, 1.54) is 7.11 Å². The van der Waals surface area contributed by atoms with E-state index in [4.69, 9.17) is 28.4 Å². The van der Waals surface area contributed by atoms with Crippen LogP contribution < -0.4 is 19.5 Å². The van der Waals surface area contributed by atoms with Crippen LogP contribution in [0.5, 0.6) is 34.5 Å². The Morgan fingerprint density at radius 2 is 0.734 bits per heavy atom. The molecule has 2 fully saturated rings. The van der Waals surface area contributed by atoms with Crippen LogP contribution in [-0.4, -0.2) is 123 Å². The number of alkyl halides is 2. The molecular weight excluding hydrogens is 1320 g/mol. The van der Waals surface area contributed by atoms with E-state index in [9.17, 15) is 33.9 Å². The number of ketones is 6. The van der Waals surface area contributed by atoms with Gasteiger partial charge in [-0.25, -0.2) is 0 Å². The lowest BCUT2D eigenvalue weighted by Gasteiger charge is -2.36. The first kappa shape index (κ1) is 71.7. The van der Waals surface area contributed by atoms with Crippen LogP contribution in [0.1, 0.15) is 220 Å². The fourth-order valence-electron chi connectivity index (χ4n) is 12.9. The van der Waals surface area contributed by atoms with E-state index in [1.54, 1.807) is 56.3 Å². The molecule has 0 aliphatic carbocycles. The van der Waals surface area contributed by atoms with Gasteiger partial charge in [0.2, 0.25) is 5.78 Å². The molecule has 5 aliphatic heterocycles. The molecule has 17 heteroatoms. The molecular formula is C77H90Br2N2O13. The standard InChI is InChI=1S/C27H36N2O3.C27H30O7.C23H24Br2O3/c1-25(2,16-28-7)23(30)17-10-12-21-19(14-17)26(3,4)20-15-18(11-13-22(20)32-21)24(31)27(5,6)29(8)9;1-23(2)17-12-15(21(29)26(14-28)24(3,4)33-26)8-10-19(17)32-20-11-9-16(13-18(20)23)22(30)27(31-7)25(5,6)34-27;1-21(2)15-11-13(19(26)22(3,4)24)7-9-17(15)28-18-10-8-14(12-16(18)21)20(27)23(5,6)25/h10-15,28H,16H2,1-9H3;8-13,28H,14H2,1-7H3;7-12H,1-6H3. The molecule has 0 amide bonds. The second kappa shape index (κ2) is 24.2. The maximum absolute atomic E-state index is 13.3. The predicted molar refractivity (Wildman–Crippen MR) is 373 cm³/mol. The van der Waals surface area contributed by atoms with E-state index < -0.39 is 58.4 Å². The van der Waals surface area contributed by atoms with Gasteiger partial charge >= 0.3 is 0 Å². The molecule has 0 spiro atoms. The summed E-state index contributed by atoms with van der Waals surface area (Å²) in [5, 5.41) is 13.0. The smallest absolute Gasteiger partial charge is 0.263 e. The van der Waals surface area contributed by atoms with Crippen molar-refractivity contribution in [1.29, 1.82) is 0 Å². The monoisotopic (exact) mass is 1410 g/mol. The number of aliphatic hydroxyl groups is 1. The Labute approximate surface area is 570 Å². The SMILES string of the molecule is CC(C)(Br)C(=O)c1ccc2c(c1)C(C)(C)c1cc(C(=O)C(C)(C)Br)ccc1O2.CNCC(C)(C)C(=O)c1ccc2c(c1)C(C)(C)c1cc(C(=O)C(C)(C)N(C)C)ccc1O2.COC1(C(=O)c2ccc3c(c2)C(C)(C)c2cc(C(=O)C4(CO)OC4(C)C)ccc2O3)OC1(C)C. The first-order valence-electron chi connectivity index (χ1n) is 31.7. The number of hydrogen-bond donors (Lipinski definition) is 2. The molecule has 6 aromatic carbocycles. The molecule has 94 heavy (non-hydrogen) atoms. The van der Waals surface area contributed by atoms with Gasteiger partial charge in [-0.2, -0.15) is 0 Å². The summed E-state index contributed by atoms with van der Waals surface area (Å²) in [6.07, 6.45) is 0. The molecule has 2 N–H and O–H groups in total. The number of rotatable bonds is 17. The number of carbonyl (C=O) groups excluding carboxylic acids is 6. The highest BCUT2D eigenvalue weighted by molar-refractivity contribution is 9.10. The average molecular weight is 1410 g/mol. The first-order valence-corrected chi connectivity index (χ1v) is 33.3. The number of methoxy groups -OCH3 is 1. The Hall–Kier alpha value is -6.54. The van der Waals surface area contributed by atoms with Crippen LogP contribution in [0.3, 0.4) is 0 Å². The van der Waals surface area contributed by atoms with Crippen LogP contribution in [0.15, 0.2) is 109 Å². The number of Topliss-reactive ketones (excluding diaryl/α,β-unsaturated/α-hetero) is 6. The molecule has 6 aromatic rings. The van der Waals surface area contributed by atoms with E-state index in [-0.39, 0.29) is 41.3 Å². The lowest BCUT2D eigenvalue weighted by Crippen LogP contribution is -2.45. The van der Waals surface area contributed by atoms with Crippen molar-refractivity contribution in [3.8, 4) is 34.5 Å². The number of carbonyl (C=O) groups is 6. The highest BCUT2D eigenvalue weighted by Crippen LogP contribution is 2.55. The third-order valence-electron chi connectivity index (χ3n) is 19.8. The molecule has 0 bridgehead atoms. The van der Waals surface area contributed by atoms with Gasteiger partial charge in [-0.1, -0.05) is 87.2 Å². The molecule has 0 aromatic heterocycles. The number of nitrogens with one attached hydrogen (secondary N) is 1. The molecule has 11 rings (SSSR count). The first-order chi connectivity index (χ1) is 43.2. The van der Waals surface area contributed by atoms with Crippen molar-refractivity contribution in [3.63, 3.8) is 0 Å². The summed E-state index contributed by atoms with van der Waals surface area (Å²) < 4.78 is 33.9. The van der Waals surface area contributed by atoms with Crippen molar-refractivity contribution in [3.05, 3.63) is 176 Å². The zero-order valence-corrected chi connectivity index (χ0v) is 61.5. The summed E-state index contributed by atoms with van der Waals surface area (Å²) in [6, 6.07) is 33.1. The summed E-state index contributed by atoms with van der Waals surface area (Å²) in [6.45, 7) is 35.0. The summed E-state index contributed by atoms with van der Waals surface area (Å²) >= 11 is 6.90. The number of aliphatic hydroxyl groups excluding tert-OH is 1. The maximum Gasteiger partial charge on any atom is 0.263 e. The zero-order valence-electron chi connectivity index (χ0n) is 58.4. The zero-order chi connectivity index (χ0) is 70.0. The van der Waals surface area contributed by atoms with Crippen molar-refractivity contribution >= 4 is 66.6 Å². The second-order valence-electron chi connectivity index (χ2n) is 30.3. The van der Waals surface area contributed by atoms with Gasteiger partial charge in [0, 0.05) is 102 Å². The third kappa shape index (κ3) is 12.4. The van der Waals surface area contributed by atoms with Gasteiger partial charge in [0.25, 0.3) is 5.79 Å². The highest BCUT2D eigenvalue weighted by atomic mass is 79.9. The van der Waals surface area contributed by atoms with Crippen LogP contribution >= 0.6 is 31.9 Å². The molecule has 5 aliphatic rings. The topological polar surface area (TPSA) is 200 Å². The second-order valence-corrected chi connectivity index (χ2v) is 34.2. The van der Waals surface area contributed by atoms with Crippen LogP contribution in [0, 0.1) is 5.41 Å². The van der Waals surface area contributed by atoms with Crippen molar-refractivity contribution in [1.82, 2.24) is 10.2 Å². The summed E-state index contributed by atoms with van der Waals surface area (Å²) in [4.78, 5) is 80.4. The highest BCUT2D eigenvalue weighted by Gasteiger charge is 2.71. The summed E-state index contributed by atoms with van der Waals surface area (Å²) in [5.74, 6) is 2.64. The van der Waals surface area contributed by atoms with Gasteiger partial charge in [-0.15, -0.1) is 0 Å². The van der Waals surface area contributed by atoms with Crippen LogP contribution in [0.2, 0.25) is 0 Å². The summed E-state index contributed by atoms with van der Waals surface area (Å²) in [7, 11) is 7.14. The Bertz CT molecular complexity index is 3950. The van der Waals surface area contributed by atoms with E-state index in [2.05, 4.69) is 64.9 Å². The van der Waals surface area contributed by atoms with Crippen LogP contribution in [-0.2, 0) is 30.5 Å². The third-order valence-corrected chi connectivity index (χ3v) is 20.5. The quantitative estimate of drug-likeness (QED) is 0.0496. The van der Waals surface area contributed by atoms with Crippen molar-refractivity contribution in [2.45, 2.75) is 178 Å². The molecule has 2 atom stereocenters. The number of hydrogen-bond acceptors (Lipinski definition) is 15.